The first-order chi connectivity index (χ1) is 9.97. The SMILES string of the molecule is Cc1cccc(NC(=O)CCCN(C)CCCC(=O)O)c1. The zero-order chi connectivity index (χ0) is 15.7. The highest BCUT2D eigenvalue weighted by atomic mass is 16.4. The normalized spacial score (nSPS) is 10.6. The Hall–Kier alpha value is -1.88. The number of amides is 1. The molecule has 2 N–H and O–H groups in total. The molecule has 0 aromatic heterocycles. The van der Waals surface area contributed by atoms with Crippen molar-refractivity contribution >= 4 is 17.6 Å². The number of carboxylic acids is 1. The monoisotopic (exact) mass is 292 g/mol. The summed E-state index contributed by atoms with van der Waals surface area (Å²) in [6.07, 6.45) is 2.07. The number of aryl methyl sites for hydroxylation is 1. The van der Waals surface area contributed by atoms with Crippen molar-refractivity contribution in [3.05, 3.63) is 29.8 Å². The highest BCUT2D eigenvalue weighted by Gasteiger charge is 2.05. The van der Waals surface area contributed by atoms with Gasteiger partial charge in [-0.05, 0) is 57.6 Å². The van der Waals surface area contributed by atoms with Gasteiger partial charge in [0.05, 0.1) is 0 Å². The van der Waals surface area contributed by atoms with Crippen LogP contribution in [0, 0.1) is 6.92 Å². The zero-order valence-electron chi connectivity index (χ0n) is 12.8. The Balaban J connectivity index is 2.17. The van der Waals surface area contributed by atoms with Gasteiger partial charge in [0.1, 0.15) is 0 Å². The van der Waals surface area contributed by atoms with Crippen LogP contribution in [0.25, 0.3) is 0 Å². The molecule has 0 saturated heterocycles. The summed E-state index contributed by atoms with van der Waals surface area (Å²) in [4.78, 5) is 24.3. The Morgan fingerprint density at radius 2 is 1.86 bits per heavy atom. The van der Waals surface area contributed by atoms with Crippen LogP contribution in [0.2, 0.25) is 0 Å². The summed E-state index contributed by atoms with van der Waals surface area (Å²) in [6.45, 7) is 3.52. The van der Waals surface area contributed by atoms with E-state index in [9.17, 15) is 9.59 Å². The molecule has 0 heterocycles. The van der Waals surface area contributed by atoms with Gasteiger partial charge in [-0.15, -0.1) is 0 Å². The molecule has 0 aliphatic carbocycles. The van der Waals surface area contributed by atoms with Gasteiger partial charge in [0.25, 0.3) is 0 Å². The Labute approximate surface area is 126 Å². The number of hydrogen-bond acceptors (Lipinski definition) is 3. The van der Waals surface area contributed by atoms with Crippen molar-refractivity contribution in [1.29, 1.82) is 0 Å². The van der Waals surface area contributed by atoms with Gasteiger partial charge in [-0.2, -0.15) is 0 Å². The van der Waals surface area contributed by atoms with Crippen LogP contribution in [0.3, 0.4) is 0 Å². The van der Waals surface area contributed by atoms with E-state index < -0.39 is 5.97 Å². The number of carboxylic acid groups (broad SMARTS) is 1. The zero-order valence-corrected chi connectivity index (χ0v) is 12.8. The van der Waals surface area contributed by atoms with Crippen LogP contribution in [0.5, 0.6) is 0 Å². The molecule has 0 spiro atoms. The standard InChI is InChI=1S/C16H24N2O3/c1-13-6-3-7-14(12-13)17-15(19)8-4-10-18(2)11-5-9-16(20)21/h3,6-7,12H,4-5,8-11H2,1-2H3,(H,17,19)(H,20,21). The molecule has 0 saturated carbocycles. The Morgan fingerprint density at radius 1 is 1.19 bits per heavy atom. The highest BCUT2D eigenvalue weighted by Crippen LogP contribution is 2.10. The molecule has 0 aliphatic heterocycles. The van der Waals surface area contributed by atoms with Crippen LogP contribution < -0.4 is 5.32 Å². The average molecular weight is 292 g/mol. The number of rotatable bonds is 9. The lowest BCUT2D eigenvalue weighted by Crippen LogP contribution is -2.23. The summed E-state index contributed by atoms with van der Waals surface area (Å²) in [7, 11) is 1.94. The number of anilines is 1. The van der Waals surface area contributed by atoms with Crippen LogP contribution in [0.4, 0.5) is 5.69 Å². The fourth-order valence-electron chi connectivity index (χ4n) is 2.07. The van der Waals surface area contributed by atoms with E-state index in [1.807, 2.05) is 38.2 Å². The molecule has 0 unspecified atom stereocenters. The molecule has 5 heteroatoms. The maximum Gasteiger partial charge on any atom is 0.303 e. The minimum atomic E-state index is -0.763. The Morgan fingerprint density at radius 3 is 2.48 bits per heavy atom. The van der Waals surface area contributed by atoms with Gasteiger partial charge in [0, 0.05) is 18.5 Å². The van der Waals surface area contributed by atoms with Crippen LogP contribution in [-0.2, 0) is 9.59 Å². The predicted octanol–water partition coefficient (Wildman–Crippen LogP) is 2.51. The Bertz CT molecular complexity index is 474. The fourth-order valence-corrected chi connectivity index (χ4v) is 2.07. The average Bonchev–Trinajstić information content (AvgIpc) is 2.38. The minimum Gasteiger partial charge on any atom is -0.481 e. The van der Waals surface area contributed by atoms with Gasteiger partial charge >= 0.3 is 5.97 Å². The van der Waals surface area contributed by atoms with Crippen molar-refractivity contribution in [2.75, 3.05) is 25.5 Å². The number of carbonyl (C=O) groups is 2. The van der Waals surface area contributed by atoms with Gasteiger partial charge in [-0.1, -0.05) is 12.1 Å². The van der Waals surface area contributed by atoms with Crippen LogP contribution in [0.1, 0.15) is 31.2 Å². The first kappa shape index (κ1) is 17.2. The van der Waals surface area contributed by atoms with Gasteiger partial charge in [-0.25, -0.2) is 0 Å². The summed E-state index contributed by atoms with van der Waals surface area (Å²) >= 11 is 0. The molecule has 1 aromatic rings. The lowest BCUT2D eigenvalue weighted by Gasteiger charge is -2.15. The topological polar surface area (TPSA) is 69.6 Å². The largest absolute Gasteiger partial charge is 0.481 e. The minimum absolute atomic E-state index is 0.0135. The number of nitrogens with zero attached hydrogens (tertiary/aromatic N) is 1. The van der Waals surface area contributed by atoms with Gasteiger partial charge in [-0.3, -0.25) is 9.59 Å². The molecule has 5 nitrogen and oxygen atoms in total. The van der Waals surface area contributed by atoms with Crippen molar-refractivity contribution in [2.24, 2.45) is 0 Å². The van der Waals surface area contributed by atoms with Crippen molar-refractivity contribution in [1.82, 2.24) is 4.90 Å². The number of benzene rings is 1. The molecule has 0 aliphatic rings. The maximum absolute atomic E-state index is 11.8. The van der Waals surface area contributed by atoms with E-state index in [1.165, 1.54) is 0 Å². The molecule has 1 amide bonds. The number of hydrogen-bond donors (Lipinski definition) is 2. The van der Waals surface area contributed by atoms with Crippen LogP contribution >= 0.6 is 0 Å². The van der Waals surface area contributed by atoms with Crippen molar-refractivity contribution < 1.29 is 14.7 Å². The third kappa shape index (κ3) is 8.09. The molecular weight excluding hydrogens is 268 g/mol. The Kier molecular flexibility index (Phi) is 7.46. The van der Waals surface area contributed by atoms with E-state index >= 15 is 0 Å². The summed E-state index contributed by atoms with van der Waals surface area (Å²) in [6, 6.07) is 7.72. The van der Waals surface area contributed by atoms with Gasteiger partial charge in [0.2, 0.25) is 5.91 Å². The molecule has 21 heavy (non-hydrogen) atoms. The molecule has 0 bridgehead atoms. The van der Waals surface area contributed by atoms with Crippen molar-refractivity contribution in [3.8, 4) is 0 Å². The molecule has 116 valence electrons. The van der Waals surface area contributed by atoms with Crippen LogP contribution in [-0.4, -0.2) is 42.0 Å². The van der Waals surface area contributed by atoms with Crippen molar-refractivity contribution in [2.45, 2.75) is 32.6 Å². The molecule has 0 atom stereocenters. The van der Waals surface area contributed by atoms with Gasteiger partial charge < -0.3 is 15.3 Å². The second-order valence-corrected chi connectivity index (χ2v) is 5.32. The fraction of sp³-hybridized carbons (Fsp3) is 0.500. The molecule has 0 radical (unpaired) electrons. The van der Waals surface area contributed by atoms with E-state index in [-0.39, 0.29) is 12.3 Å². The second kappa shape index (κ2) is 9.13. The summed E-state index contributed by atoms with van der Waals surface area (Å²) in [5, 5.41) is 11.4. The van der Waals surface area contributed by atoms with E-state index in [1.54, 1.807) is 0 Å². The molecule has 0 fully saturated rings. The predicted molar refractivity (Wildman–Crippen MR) is 83.4 cm³/mol. The van der Waals surface area contributed by atoms with Crippen LogP contribution in [0.15, 0.2) is 24.3 Å². The number of nitrogens with one attached hydrogen (secondary N) is 1. The van der Waals surface area contributed by atoms with E-state index in [0.717, 1.165) is 30.8 Å². The maximum atomic E-state index is 11.8. The summed E-state index contributed by atoms with van der Waals surface area (Å²) in [5.41, 5.74) is 1.95. The van der Waals surface area contributed by atoms with Gasteiger partial charge in [0.15, 0.2) is 0 Å². The number of aliphatic carboxylic acids is 1. The quantitative estimate of drug-likeness (QED) is 0.733. The van der Waals surface area contributed by atoms with E-state index in [0.29, 0.717) is 12.8 Å². The van der Waals surface area contributed by atoms with E-state index in [2.05, 4.69) is 10.2 Å². The molecule has 1 aromatic carbocycles. The number of carbonyl (C=O) groups excluding carboxylic acids is 1. The first-order valence-corrected chi connectivity index (χ1v) is 7.24. The van der Waals surface area contributed by atoms with E-state index in [4.69, 9.17) is 5.11 Å². The lowest BCUT2D eigenvalue weighted by atomic mass is 10.2. The smallest absolute Gasteiger partial charge is 0.303 e. The molecule has 1 rings (SSSR count). The van der Waals surface area contributed by atoms with Crippen molar-refractivity contribution in [3.63, 3.8) is 0 Å². The first-order valence-electron chi connectivity index (χ1n) is 7.24. The lowest BCUT2D eigenvalue weighted by molar-refractivity contribution is -0.137. The summed E-state index contributed by atoms with van der Waals surface area (Å²) < 4.78 is 0. The second-order valence-electron chi connectivity index (χ2n) is 5.32. The summed E-state index contributed by atoms with van der Waals surface area (Å²) in [5.74, 6) is -0.750. The molecular formula is C16H24N2O3. The third-order valence-electron chi connectivity index (χ3n) is 3.18. The third-order valence-corrected chi connectivity index (χ3v) is 3.18. The highest BCUT2D eigenvalue weighted by molar-refractivity contribution is 5.90.